The summed E-state index contributed by atoms with van der Waals surface area (Å²) in [5, 5.41) is 5.23. The van der Waals surface area contributed by atoms with Crippen molar-refractivity contribution in [2.45, 2.75) is 45.1 Å². The van der Waals surface area contributed by atoms with Gasteiger partial charge in [-0.25, -0.2) is 9.80 Å². The monoisotopic (exact) mass is 295 g/mol. The Hall–Kier alpha value is -1.92. The van der Waals surface area contributed by atoms with Crippen molar-refractivity contribution in [3.8, 4) is 0 Å². The fourth-order valence-electron chi connectivity index (χ4n) is 2.65. The molecule has 0 N–H and O–H groups in total. The van der Waals surface area contributed by atoms with Crippen LogP contribution in [0.15, 0.2) is 5.10 Å². The standard InChI is InChI=1S/C14H21N3O4/c1-3-21-14(20)11-6-4-5-9-17(11)13(19)10-7-8-12(18)16(2)15-10/h11H,3-9H2,1-2H3/t11-/m1/s1. The van der Waals surface area contributed by atoms with Crippen molar-refractivity contribution in [3.05, 3.63) is 0 Å². The lowest BCUT2D eigenvalue weighted by molar-refractivity contribution is -0.154. The molecule has 1 fully saturated rings. The third kappa shape index (κ3) is 3.40. The number of hydrogen-bond acceptors (Lipinski definition) is 5. The minimum absolute atomic E-state index is 0.105. The molecular weight excluding hydrogens is 274 g/mol. The summed E-state index contributed by atoms with van der Waals surface area (Å²) >= 11 is 0. The van der Waals surface area contributed by atoms with Gasteiger partial charge in [0.15, 0.2) is 0 Å². The summed E-state index contributed by atoms with van der Waals surface area (Å²) in [6, 6.07) is -0.531. The maximum absolute atomic E-state index is 12.6. The van der Waals surface area contributed by atoms with E-state index in [-0.39, 0.29) is 24.2 Å². The molecule has 7 nitrogen and oxygen atoms in total. The Balaban J connectivity index is 2.13. The van der Waals surface area contributed by atoms with Crippen molar-refractivity contribution in [1.82, 2.24) is 9.91 Å². The highest BCUT2D eigenvalue weighted by atomic mass is 16.5. The van der Waals surface area contributed by atoms with Crippen LogP contribution in [0, 0.1) is 0 Å². The van der Waals surface area contributed by atoms with Crippen LogP contribution in [-0.4, -0.2) is 59.6 Å². The minimum Gasteiger partial charge on any atom is -0.464 e. The van der Waals surface area contributed by atoms with Crippen LogP contribution in [0.3, 0.4) is 0 Å². The summed E-state index contributed by atoms with van der Waals surface area (Å²) in [6.07, 6.45) is 2.99. The molecule has 116 valence electrons. The van der Waals surface area contributed by atoms with Crippen LogP contribution in [0.25, 0.3) is 0 Å². The van der Waals surface area contributed by atoms with Gasteiger partial charge in [-0.2, -0.15) is 5.10 Å². The molecular formula is C14H21N3O4. The van der Waals surface area contributed by atoms with Crippen molar-refractivity contribution >= 4 is 23.5 Å². The molecule has 7 heteroatoms. The first kappa shape index (κ1) is 15.5. The maximum atomic E-state index is 12.6. The normalized spacial score (nSPS) is 22.9. The van der Waals surface area contributed by atoms with Crippen LogP contribution in [0.4, 0.5) is 0 Å². The van der Waals surface area contributed by atoms with Gasteiger partial charge in [0.05, 0.1) is 6.61 Å². The zero-order chi connectivity index (χ0) is 15.4. The Morgan fingerprint density at radius 2 is 2.10 bits per heavy atom. The van der Waals surface area contributed by atoms with Gasteiger partial charge in [-0.15, -0.1) is 0 Å². The van der Waals surface area contributed by atoms with Gasteiger partial charge < -0.3 is 9.64 Å². The number of carbonyl (C=O) groups is 3. The highest BCUT2D eigenvalue weighted by Crippen LogP contribution is 2.20. The minimum atomic E-state index is -0.531. The van der Waals surface area contributed by atoms with Crippen molar-refractivity contribution in [2.75, 3.05) is 20.2 Å². The van der Waals surface area contributed by atoms with E-state index < -0.39 is 6.04 Å². The maximum Gasteiger partial charge on any atom is 0.328 e. The van der Waals surface area contributed by atoms with Crippen molar-refractivity contribution in [2.24, 2.45) is 5.10 Å². The first-order valence-corrected chi connectivity index (χ1v) is 7.36. The number of piperidine rings is 1. The molecule has 0 aromatic carbocycles. The molecule has 2 rings (SSSR count). The topological polar surface area (TPSA) is 79.3 Å². The number of carbonyl (C=O) groups excluding carboxylic acids is 3. The van der Waals surface area contributed by atoms with E-state index in [9.17, 15) is 14.4 Å². The molecule has 0 spiro atoms. The number of hydrogen-bond donors (Lipinski definition) is 0. The summed E-state index contributed by atoms with van der Waals surface area (Å²) in [7, 11) is 1.54. The SMILES string of the molecule is CCOC(=O)[C@H]1CCCCN1C(=O)C1=NN(C)C(=O)CC1. The lowest BCUT2D eigenvalue weighted by atomic mass is 10.0. The Morgan fingerprint density at radius 3 is 2.76 bits per heavy atom. The van der Waals surface area contributed by atoms with Gasteiger partial charge in [-0.05, 0) is 26.2 Å². The molecule has 0 aromatic rings. The van der Waals surface area contributed by atoms with E-state index in [0.29, 0.717) is 31.7 Å². The third-order valence-electron chi connectivity index (χ3n) is 3.78. The van der Waals surface area contributed by atoms with Gasteiger partial charge in [0.2, 0.25) is 5.91 Å². The summed E-state index contributed by atoms with van der Waals surface area (Å²) < 4.78 is 5.05. The predicted molar refractivity (Wildman–Crippen MR) is 75.4 cm³/mol. The molecule has 0 radical (unpaired) electrons. The van der Waals surface area contributed by atoms with E-state index in [2.05, 4.69) is 5.10 Å². The predicted octanol–water partition coefficient (Wildman–Crippen LogP) is 0.539. The second kappa shape index (κ2) is 6.69. The molecule has 2 aliphatic heterocycles. The second-order valence-electron chi connectivity index (χ2n) is 5.23. The van der Waals surface area contributed by atoms with Gasteiger partial charge in [0.1, 0.15) is 11.8 Å². The van der Waals surface area contributed by atoms with Gasteiger partial charge in [-0.1, -0.05) is 0 Å². The molecule has 0 aliphatic carbocycles. The van der Waals surface area contributed by atoms with Crippen LogP contribution >= 0.6 is 0 Å². The van der Waals surface area contributed by atoms with E-state index >= 15 is 0 Å². The van der Waals surface area contributed by atoms with E-state index in [0.717, 1.165) is 12.8 Å². The van der Waals surface area contributed by atoms with Crippen molar-refractivity contribution in [3.63, 3.8) is 0 Å². The quantitative estimate of drug-likeness (QED) is 0.712. The smallest absolute Gasteiger partial charge is 0.328 e. The Labute approximate surface area is 123 Å². The Morgan fingerprint density at radius 1 is 1.33 bits per heavy atom. The van der Waals surface area contributed by atoms with E-state index in [1.807, 2.05) is 0 Å². The second-order valence-corrected chi connectivity index (χ2v) is 5.23. The summed E-state index contributed by atoms with van der Waals surface area (Å²) in [5.41, 5.74) is 0.341. The average Bonchev–Trinajstić information content (AvgIpc) is 2.49. The molecule has 1 saturated heterocycles. The molecule has 0 saturated carbocycles. The first-order valence-electron chi connectivity index (χ1n) is 7.36. The highest BCUT2D eigenvalue weighted by molar-refractivity contribution is 6.39. The van der Waals surface area contributed by atoms with Crippen LogP contribution in [-0.2, 0) is 19.1 Å². The number of ether oxygens (including phenoxy) is 1. The lowest BCUT2D eigenvalue weighted by Crippen LogP contribution is -2.51. The number of nitrogens with zero attached hydrogens (tertiary/aromatic N) is 3. The fraction of sp³-hybridized carbons (Fsp3) is 0.714. The third-order valence-corrected chi connectivity index (χ3v) is 3.78. The first-order chi connectivity index (χ1) is 10.0. The van der Waals surface area contributed by atoms with Crippen LogP contribution in [0.2, 0.25) is 0 Å². The molecule has 1 atom stereocenters. The molecule has 0 unspecified atom stereocenters. The lowest BCUT2D eigenvalue weighted by Gasteiger charge is -2.34. The van der Waals surface area contributed by atoms with Gasteiger partial charge in [-0.3, -0.25) is 9.59 Å². The van der Waals surface area contributed by atoms with Crippen molar-refractivity contribution < 1.29 is 19.1 Å². The van der Waals surface area contributed by atoms with Gasteiger partial charge in [0, 0.05) is 26.4 Å². The molecule has 21 heavy (non-hydrogen) atoms. The van der Waals surface area contributed by atoms with E-state index in [4.69, 9.17) is 4.74 Å². The fourth-order valence-corrected chi connectivity index (χ4v) is 2.65. The number of amides is 2. The molecule has 0 bridgehead atoms. The molecule has 0 aromatic heterocycles. The highest BCUT2D eigenvalue weighted by Gasteiger charge is 2.36. The largest absolute Gasteiger partial charge is 0.464 e. The molecule has 2 aliphatic rings. The zero-order valence-corrected chi connectivity index (χ0v) is 12.5. The molecule has 2 amide bonds. The number of hydrazone groups is 1. The number of rotatable bonds is 3. The summed E-state index contributed by atoms with van der Waals surface area (Å²) in [6.45, 7) is 2.58. The number of likely N-dealkylation sites (tertiary alicyclic amines) is 1. The summed E-state index contributed by atoms with van der Waals surface area (Å²) in [4.78, 5) is 37.5. The summed E-state index contributed by atoms with van der Waals surface area (Å²) in [5.74, 6) is -0.717. The van der Waals surface area contributed by atoms with E-state index in [1.54, 1.807) is 11.8 Å². The number of esters is 1. The van der Waals surface area contributed by atoms with E-state index in [1.165, 1.54) is 12.1 Å². The van der Waals surface area contributed by atoms with Crippen LogP contribution in [0.5, 0.6) is 0 Å². The Kier molecular flexibility index (Phi) is 4.93. The van der Waals surface area contributed by atoms with Crippen LogP contribution < -0.4 is 0 Å². The van der Waals surface area contributed by atoms with Gasteiger partial charge in [0.25, 0.3) is 5.91 Å². The zero-order valence-electron chi connectivity index (χ0n) is 12.5. The average molecular weight is 295 g/mol. The van der Waals surface area contributed by atoms with Gasteiger partial charge >= 0.3 is 5.97 Å². The molecule has 2 heterocycles. The van der Waals surface area contributed by atoms with Crippen LogP contribution in [0.1, 0.15) is 39.0 Å². The van der Waals surface area contributed by atoms with Crippen molar-refractivity contribution in [1.29, 1.82) is 0 Å². The Bertz CT molecular complexity index is 475.